The highest BCUT2D eigenvalue weighted by molar-refractivity contribution is 5.78. The Balaban J connectivity index is 1.85. The van der Waals surface area contributed by atoms with Gasteiger partial charge >= 0.3 is 6.01 Å². The van der Waals surface area contributed by atoms with Gasteiger partial charge in [-0.3, -0.25) is 4.90 Å². The number of nitrogen functional groups attached to an aromatic ring is 1. The SMILES string of the molecule is CCCC(C)Oc1nc(N)c(NC)c(N(CC=O)Cc2cccc(CN3CCCC3)c2)n1. The number of carbonyl (C=O) groups is 1. The first-order valence-corrected chi connectivity index (χ1v) is 11.5. The number of ether oxygens (including phenoxy) is 1. The molecule has 1 atom stereocenters. The first kappa shape index (κ1) is 23.8. The number of hydrogen-bond donors (Lipinski definition) is 2. The number of anilines is 3. The lowest BCUT2D eigenvalue weighted by molar-refractivity contribution is -0.106. The molecule has 8 nitrogen and oxygen atoms in total. The molecule has 1 aliphatic heterocycles. The molecule has 32 heavy (non-hydrogen) atoms. The summed E-state index contributed by atoms with van der Waals surface area (Å²) in [5.74, 6) is 0.866. The highest BCUT2D eigenvalue weighted by Crippen LogP contribution is 2.31. The van der Waals surface area contributed by atoms with Crippen LogP contribution in [-0.2, 0) is 17.9 Å². The summed E-state index contributed by atoms with van der Waals surface area (Å²) in [7, 11) is 1.77. The van der Waals surface area contributed by atoms with Crippen molar-refractivity contribution in [2.24, 2.45) is 0 Å². The fourth-order valence-corrected chi connectivity index (χ4v) is 4.17. The van der Waals surface area contributed by atoms with Crippen LogP contribution < -0.4 is 20.7 Å². The van der Waals surface area contributed by atoms with Crippen LogP contribution in [0.4, 0.5) is 17.3 Å². The van der Waals surface area contributed by atoms with Crippen LogP contribution >= 0.6 is 0 Å². The fourth-order valence-electron chi connectivity index (χ4n) is 4.17. The second-order valence-electron chi connectivity index (χ2n) is 8.41. The lowest BCUT2D eigenvalue weighted by Gasteiger charge is -2.25. The van der Waals surface area contributed by atoms with Gasteiger partial charge in [-0.1, -0.05) is 37.6 Å². The number of likely N-dealkylation sites (tertiary alicyclic amines) is 1. The van der Waals surface area contributed by atoms with Gasteiger partial charge in [0.2, 0.25) is 0 Å². The van der Waals surface area contributed by atoms with E-state index in [2.05, 4.69) is 51.4 Å². The van der Waals surface area contributed by atoms with Crippen molar-refractivity contribution >= 4 is 23.6 Å². The molecule has 1 aliphatic rings. The van der Waals surface area contributed by atoms with Crippen molar-refractivity contribution in [3.05, 3.63) is 35.4 Å². The van der Waals surface area contributed by atoms with Crippen molar-refractivity contribution in [1.29, 1.82) is 0 Å². The fraction of sp³-hybridized carbons (Fsp3) is 0.542. The second kappa shape index (κ2) is 11.7. The molecular weight excluding hydrogens is 404 g/mol. The third-order valence-electron chi connectivity index (χ3n) is 5.71. The monoisotopic (exact) mass is 440 g/mol. The number of aromatic nitrogens is 2. The Kier molecular flexibility index (Phi) is 8.67. The molecule has 0 aliphatic carbocycles. The van der Waals surface area contributed by atoms with E-state index in [-0.39, 0.29) is 18.7 Å². The summed E-state index contributed by atoms with van der Waals surface area (Å²) in [5.41, 5.74) is 9.20. The van der Waals surface area contributed by atoms with Crippen LogP contribution in [0.15, 0.2) is 24.3 Å². The Hall–Kier alpha value is -2.87. The van der Waals surface area contributed by atoms with E-state index < -0.39 is 0 Å². The third kappa shape index (κ3) is 6.32. The maximum absolute atomic E-state index is 11.5. The molecule has 3 N–H and O–H groups in total. The molecule has 0 saturated carbocycles. The van der Waals surface area contributed by atoms with Crippen LogP contribution in [-0.4, -0.2) is 53.9 Å². The van der Waals surface area contributed by atoms with Gasteiger partial charge in [-0.2, -0.15) is 9.97 Å². The minimum absolute atomic E-state index is 0.0190. The number of nitrogens with one attached hydrogen (secondary N) is 1. The van der Waals surface area contributed by atoms with Crippen molar-refractivity contribution in [3.8, 4) is 6.01 Å². The number of aldehydes is 1. The maximum atomic E-state index is 11.5. The molecular formula is C24H36N6O2. The number of hydrogen-bond acceptors (Lipinski definition) is 8. The van der Waals surface area contributed by atoms with Crippen LogP contribution in [0.5, 0.6) is 6.01 Å². The molecule has 3 rings (SSSR count). The summed E-state index contributed by atoms with van der Waals surface area (Å²) in [5, 5.41) is 3.08. The highest BCUT2D eigenvalue weighted by atomic mass is 16.5. The molecule has 2 heterocycles. The third-order valence-corrected chi connectivity index (χ3v) is 5.71. The van der Waals surface area contributed by atoms with Gasteiger partial charge in [-0.05, 0) is 50.4 Å². The Morgan fingerprint density at radius 2 is 2.03 bits per heavy atom. The van der Waals surface area contributed by atoms with Crippen molar-refractivity contribution in [2.45, 2.75) is 58.7 Å². The van der Waals surface area contributed by atoms with E-state index in [1.54, 1.807) is 7.05 Å². The molecule has 8 heteroatoms. The topological polar surface area (TPSA) is 96.6 Å². The second-order valence-corrected chi connectivity index (χ2v) is 8.41. The minimum atomic E-state index is -0.0190. The summed E-state index contributed by atoms with van der Waals surface area (Å²) in [6.45, 7) is 8.08. The van der Waals surface area contributed by atoms with Gasteiger partial charge in [-0.25, -0.2) is 0 Å². The lowest BCUT2D eigenvalue weighted by Crippen LogP contribution is -2.28. The van der Waals surface area contributed by atoms with E-state index >= 15 is 0 Å². The number of nitrogens with zero attached hydrogens (tertiary/aromatic N) is 4. The highest BCUT2D eigenvalue weighted by Gasteiger charge is 2.20. The molecule has 0 bridgehead atoms. The van der Waals surface area contributed by atoms with Gasteiger partial charge in [0.1, 0.15) is 12.0 Å². The molecule has 0 amide bonds. The normalized spacial score (nSPS) is 14.8. The van der Waals surface area contributed by atoms with E-state index in [9.17, 15) is 4.79 Å². The summed E-state index contributed by atoms with van der Waals surface area (Å²) in [4.78, 5) is 24.9. The molecule has 1 unspecified atom stereocenters. The molecule has 174 valence electrons. The average molecular weight is 441 g/mol. The predicted molar refractivity (Wildman–Crippen MR) is 129 cm³/mol. The van der Waals surface area contributed by atoms with Gasteiger partial charge in [-0.15, -0.1) is 0 Å². The van der Waals surface area contributed by atoms with Crippen LogP contribution in [0.1, 0.15) is 50.7 Å². The van der Waals surface area contributed by atoms with E-state index in [4.69, 9.17) is 10.5 Å². The number of nitrogens with two attached hydrogens (primary N) is 1. The van der Waals surface area contributed by atoms with E-state index in [1.807, 2.05) is 11.8 Å². The van der Waals surface area contributed by atoms with E-state index in [0.29, 0.717) is 23.9 Å². The molecule has 1 aromatic carbocycles. The van der Waals surface area contributed by atoms with Gasteiger partial charge in [0.15, 0.2) is 11.6 Å². The quantitative estimate of drug-likeness (QED) is 0.484. The van der Waals surface area contributed by atoms with Gasteiger partial charge in [0, 0.05) is 20.1 Å². The Morgan fingerprint density at radius 1 is 1.28 bits per heavy atom. The van der Waals surface area contributed by atoms with Crippen molar-refractivity contribution in [2.75, 3.05) is 42.6 Å². The van der Waals surface area contributed by atoms with Crippen molar-refractivity contribution in [1.82, 2.24) is 14.9 Å². The zero-order chi connectivity index (χ0) is 22.9. The first-order valence-electron chi connectivity index (χ1n) is 11.5. The van der Waals surface area contributed by atoms with Gasteiger partial charge in [0.25, 0.3) is 0 Å². The first-order chi connectivity index (χ1) is 15.5. The Bertz CT molecular complexity index is 885. The lowest BCUT2D eigenvalue weighted by atomic mass is 10.1. The Morgan fingerprint density at radius 3 is 2.72 bits per heavy atom. The predicted octanol–water partition coefficient (Wildman–Crippen LogP) is 3.47. The summed E-state index contributed by atoms with van der Waals surface area (Å²) >= 11 is 0. The van der Waals surface area contributed by atoms with Crippen LogP contribution in [0.2, 0.25) is 0 Å². The van der Waals surface area contributed by atoms with Crippen LogP contribution in [0.3, 0.4) is 0 Å². The van der Waals surface area contributed by atoms with Crippen molar-refractivity contribution in [3.63, 3.8) is 0 Å². The smallest absolute Gasteiger partial charge is 0.320 e. The molecule has 1 saturated heterocycles. The maximum Gasteiger partial charge on any atom is 0.320 e. The number of carbonyl (C=O) groups excluding carboxylic acids is 1. The van der Waals surface area contributed by atoms with Crippen LogP contribution in [0.25, 0.3) is 0 Å². The molecule has 1 aromatic heterocycles. The molecule has 0 radical (unpaired) electrons. The standard InChI is InChI=1S/C24H36N6O2/c1-4-8-18(2)32-24-27-22(25)21(26-3)23(28-24)30(13-14-31)17-20-10-7-9-19(15-20)16-29-11-5-6-12-29/h7,9-10,14-15,18,26H,4-6,8,11-13,16-17H2,1-3H3,(H2,25,27,28). The average Bonchev–Trinajstić information content (AvgIpc) is 3.26. The van der Waals surface area contributed by atoms with Crippen LogP contribution in [0, 0.1) is 0 Å². The van der Waals surface area contributed by atoms with Gasteiger partial charge in [0.05, 0.1) is 12.6 Å². The summed E-state index contributed by atoms with van der Waals surface area (Å²) in [6, 6.07) is 8.76. The number of rotatable bonds is 12. The van der Waals surface area contributed by atoms with E-state index in [0.717, 1.165) is 44.3 Å². The zero-order valence-corrected chi connectivity index (χ0v) is 19.5. The van der Waals surface area contributed by atoms with Crippen molar-refractivity contribution < 1.29 is 9.53 Å². The molecule has 1 fully saturated rings. The number of benzene rings is 1. The van der Waals surface area contributed by atoms with Gasteiger partial charge < -0.3 is 25.5 Å². The molecule has 0 spiro atoms. The minimum Gasteiger partial charge on any atom is -0.460 e. The Labute approximate surface area is 191 Å². The summed E-state index contributed by atoms with van der Waals surface area (Å²) < 4.78 is 5.90. The zero-order valence-electron chi connectivity index (χ0n) is 19.5. The molecule has 2 aromatic rings. The summed E-state index contributed by atoms with van der Waals surface area (Å²) in [6.07, 6.45) is 5.31. The largest absolute Gasteiger partial charge is 0.460 e. The van der Waals surface area contributed by atoms with E-state index in [1.165, 1.54) is 18.4 Å².